The number of nitrogens with zero attached hydrogens (tertiary/aromatic N) is 6. The molecular formula is C23H29N9O3. The highest BCUT2D eigenvalue weighted by Crippen LogP contribution is 2.22. The van der Waals surface area contributed by atoms with E-state index < -0.39 is 11.9 Å². The van der Waals surface area contributed by atoms with Gasteiger partial charge in [-0.2, -0.15) is 9.97 Å². The average Bonchev–Trinajstić information content (AvgIpc) is 3.33. The molecule has 184 valence electrons. The summed E-state index contributed by atoms with van der Waals surface area (Å²) in [6.07, 6.45) is 3.76. The predicted octanol–water partition coefficient (Wildman–Crippen LogP) is -0.00800. The number of aliphatic hydroxyl groups excluding tert-OH is 1. The maximum Gasteiger partial charge on any atom is 0.240 e. The van der Waals surface area contributed by atoms with Crippen molar-refractivity contribution in [3.63, 3.8) is 0 Å². The van der Waals surface area contributed by atoms with Gasteiger partial charge in [0.15, 0.2) is 17.0 Å². The fourth-order valence-corrected chi connectivity index (χ4v) is 4.28. The molecule has 0 radical (unpaired) electrons. The maximum atomic E-state index is 12.7. The van der Waals surface area contributed by atoms with Crippen molar-refractivity contribution in [1.82, 2.24) is 24.8 Å². The van der Waals surface area contributed by atoms with E-state index in [0.29, 0.717) is 49.3 Å². The number of carbonyl (C=O) groups is 2. The summed E-state index contributed by atoms with van der Waals surface area (Å²) in [5, 5.41) is 9.36. The Bertz CT molecular complexity index is 1220. The van der Waals surface area contributed by atoms with Gasteiger partial charge in [-0.3, -0.25) is 9.59 Å². The first-order valence-electron chi connectivity index (χ1n) is 11.4. The van der Waals surface area contributed by atoms with Crippen molar-refractivity contribution in [3.05, 3.63) is 41.7 Å². The molecule has 35 heavy (non-hydrogen) atoms. The minimum absolute atomic E-state index is 0.0371. The van der Waals surface area contributed by atoms with Crippen LogP contribution in [0.15, 0.2) is 30.5 Å². The van der Waals surface area contributed by atoms with Crippen LogP contribution < -0.4 is 22.1 Å². The molecule has 3 heterocycles. The molecule has 7 N–H and O–H groups in total. The van der Waals surface area contributed by atoms with Gasteiger partial charge in [-0.05, 0) is 37.0 Å². The molecule has 2 aromatic heterocycles. The molecule has 2 amide bonds. The van der Waals surface area contributed by atoms with Gasteiger partial charge < -0.3 is 32.1 Å². The Morgan fingerprint density at radius 3 is 2.63 bits per heavy atom. The number of hydrogen-bond acceptors (Lipinski definition) is 10. The summed E-state index contributed by atoms with van der Waals surface area (Å²) in [5.74, 6) is -0.369. The molecule has 0 saturated carbocycles. The van der Waals surface area contributed by atoms with E-state index in [2.05, 4.69) is 24.8 Å². The van der Waals surface area contributed by atoms with E-state index in [0.717, 1.165) is 17.7 Å². The van der Waals surface area contributed by atoms with Gasteiger partial charge in [-0.15, -0.1) is 0 Å². The van der Waals surface area contributed by atoms with Crippen LogP contribution in [-0.4, -0.2) is 67.5 Å². The molecule has 1 unspecified atom stereocenters. The van der Waals surface area contributed by atoms with Crippen molar-refractivity contribution in [1.29, 1.82) is 0 Å². The number of aliphatic hydroxyl groups is 1. The molecule has 0 bridgehead atoms. The summed E-state index contributed by atoms with van der Waals surface area (Å²) in [4.78, 5) is 44.8. The van der Waals surface area contributed by atoms with E-state index in [4.69, 9.17) is 17.2 Å². The molecule has 1 saturated heterocycles. The SMILES string of the molecule is NC(=O)C1CCCN1C(=O)Cc1ccc(N(CCCO)Cc2cnc3nc(N)nc(N)c3n2)cc1. The summed E-state index contributed by atoms with van der Waals surface area (Å²) in [7, 11) is 0. The zero-order valence-corrected chi connectivity index (χ0v) is 19.3. The van der Waals surface area contributed by atoms with Crippen LogP contribution in [0.2, 0.25) is 0 Å². The molecule has 0 aliphatic carbocycles. The number of aromatic nitrogens is 4. The third kappa shape index (κ3) is 5.54. The fourth-order valence-electron chi connectivity index (χ4n) is 4.28. The molecule has 4 rings (SSSR count). The van der Waals surface area contributed by atoms with E-state index >= 15 is 0 Å². The topological polar surface area (TPSA) is 190 Å². The molecule has 1 fully saturated rings. The number of nitrogens with two attached hydrogens (primary N) is 3. The van der Waals surface area contributed by atoms with Crippen LogP contribution >= 0.6 is 0 Å². The van der Waals surface area contributed by atoms with Crippen LogP contribution in [0.4, 0.5) is 17.5 Å². The van der Waals surface area contributed by atoms with Crippen LogP contribution in [-0.2, 0) is 22.6 Å². The standard InChI is InChI=1S/C23H29N9O3/c24-20-19-22(30-23(26)29-20)27-12-15(28-19)13-31(8-2-10-33)16-6-4-14(5-7-16)11-18(34)32-9-1-3-17(32)21(25)35/h4-7,12,17,33H,1-3,8-11,13H2,(H2,25,35)(H4,24,26,27,29,30). The van der Waals surface area contributed by atoms with Crippen molar-refractivity contribution < 1.29 is 14.7 Å². The number of anilines is 3. The fraction of sp³-hybridized carbons (Fsp3) is 0.391. The largest absolute Gasteiger partial charge is 0.396 e. The maximum absolute atomic E-state index is 12.7. The first kappa shape index (κ1) is 24.1. The number of hydrogen-bond donors (Lipinski definition) is 4. The van der Waals surface area contributed by atoms with Crippen molar-refractivity contribution in [3.8, 4) is 0 Å². The lowest BCUT2D eigenvalue weighted by Gasteiger charge is -2.25. The van der Waals surface area contributed by atoms with E-state index in [1.165, 1.54) is 0 Å². The molecule has 3 aromatic rings. The minimum Gasteiger partial charge on any atom is -0.396 e. The van der Waals surface area contributed by atoms with E-state index in [1.807, 2.05) is 24.3 Å². The number of rotatable bonds is 9. The van der Waals surface area contributed by atoms with Gasteiger partial charge in [-0.1, -0.05) is 12.1 Å². The first-order valence-corrected chi connectivity index (χ1v) is 11.4. The van der Waals surface area contributed by atoms with E-state index in [-0.39, 0.29) is 30.7 Å². The van der Waals surface area contributed by atoms with Crippen LogP contribution in [0.25, 0.3) is 11.2 Å². The summed E-state index contributed by atoms with van der Waals surface area (Å²) in [5.41, 5.74) is 20.1. The van der Waals surface area contributed by atoms with Crippen LogP contribution in [0.5, 0.6) is 0 Å². The number of nitrogen functional groups attached to an aromatic ring is 2. The predicted molar refractivity (Wildman–Crippen MR) is 131 cm³/mol. The van der Waals surface area contributed by atoms with Gasteiger partial charge >= 0.3 is 0 Å². The molecule has 12 heteroatoms. The molecule has 1 aromatic carbocycles. The van der Waals surface area contributed by atoms with Gasteiger partial charge in [0.25, 0.3) is 0 Å². The monoisotopic (exact) mass is 479 g/mol. The Kier molecular flexibility index (Phi) is 7.20. The number of amides is 2. The molecule has 1 atom stereocenters. The first-order chi connectivity index (χ1) is 16.9. The Labute approximate surface area is 202 Å². The van der Waals surface area contributed by atoms with Gasteiger partial charge in [0.1, 0.15) is 6.04 Å². The van der Waals surface area contributed by atoms with Gasteiger partial charge in [0.2, 0.25) is 17.8 Å². The quantitative estimate of drug-likeness (QED) is 0.325. The molecular weight excluding hydrogens is 450 g/mol. The summed E-state index contributed by atoms with van der Waals surface area (Å²) in [6.45, 7) is 1.59. The van der Waals surface area contributed by atoms with Crippen molar-refractivity contribution in [2.24, 2.45) is 5.73 Å². The normalized spacial score (nSPS) is 15.5. The molecule has 1 aliphatic rings. The Hall–Kier alpha value is -4.06. The minimum atomic E-state index is -0.519. The third-order valence-electron chi connectivity index (χ3n) is 6.00. The van der Waals surface area contributed by atoms with Crippen LogP contribution in [0.1, 0.15) is 30.5 Å². The number of primary amides is 1. The second-order valence-corrected chi connectivity index (χ2v) is 8.49. The zero-order chi connectivity index (χ0) is 24.9. The lowest BCUT2D eigenvalue weighted by atomic mass is 10.1. The second kappa shape index (κ2) is 10.5. The Morgan fingerprint density at radius 2 is 1.91 bits per heavy atom. The van der Waals surface area contributed by atoms with Gasteiger partial charge in [-0.25, -0.2) is 9.97 Å². The van der Waals surface area contributed by atoms with E-state index in [9.17, 15) is 14.7 Å². The number of fused-ring (bicyclic) bond motifs is 1. The average molecular weight is 480 g/mol. The Morgan fingerprint density at radius 1 is 1.14 bits per heavy atom. The number of likely N-dealkylation sites (tertiary alicyclic amines) is 1. The highest BCUT2D eigenvalue weighted by Gasteiger charge is 2.32. The molecule has 12 nitrogen and oxygen atoms in total. The highest BCUT2D eigenvalue weighted by molar-refractivity contribution is 5.88. The summed E-state index contributed by atoms with van der Waals surface area (Å²) >= 11 is 0. The van der Waals surface area contributed by atoms with E-state index in [1.54, 1.807) is 11.1 Å². The smallest absolute Gasteiger partial charge is 0.240 e. The molecule has 1 aliphatic heterocycles. The van der Waals surface area contributed by atoms with Gasteiger partial charge in [0.05, 0.1) is 24.9 Å². The van der Waals surface area contributed by atoms with Crippen molar-refractivity contribution in [2.45, 2.75) is 38.3 Å². The lowest BCUT2D eigenvalue weighted by molar-refractivity contribution is -0.136. The second-order valence-electron chi connectivity index (χ2n) is 8.49. The Balaban J connectivity index is 1.49. The number of carbonyl (C=O) groups excluding carboxylic acids is 2. The van der Waals surface area contributed by atoms with Crippen LogP contribution in [0, 0.1) is 0 Å². The lowest BCUT2D eigenvalue weighted by Crippen LogP contribution is -2.44. The highest BCUT2D eigenvalue weighted by atomic mass is 16.3. The summed E-state index contributed by atoms with van der Waals surface area (Å²) < 4.78 is 0. The molecule has 0 spiro atoms. The van der Waals surface area contributed by atoms with Crippen LogP contribution in [0.3, 0.4) is 0 Å². The summed E-state index contributed by atoms with van der Waals surface area (Å²) in [6, 6.07) is 7.09. The van der Waals surface area contributed by atoms with Gasteiger partial charge in [0, 0.05) is 25.4 Å². The van der Waals surface area contributed by atoms with Crippen molar-refractivity contribution >= 4 is 40.4 Å². The van der Waals surface area contributed by atoms with Crippen molar-refractivity contribution in [2.75, 3.05) is 36.1 Å². The zero-order valence-electron chi connectivity index (χ0n) is 19.3. The third-order valence-corrected chi connectivity index (χ3v) is 6.00. The number of benzene rings is 1.